The fourth-order valence-corrected chi connectivity index (χ4v) is 1.33. The minimum Gasteiger partial charge on any atom is -0.479 e. The summed E-state index contributed by atoms with van der Waals surface area (Å²) in [6.07, 6.45) is 0.470. The molecule has 0 aromatic carbocycles. The van der Waals surface area contributed by atoms with Crippen LogP contribution in [-0.4, -0.2) is 52.3 Å². The zero-order valence-electron chi connectivity index (χ0n) is 8.64. The van der Waals surface area contributed by atoms with Crippen LogP contribution in [-0.2, 0) is 4.79 Å². The van der Waals surface area contributed by atoms with Crippen LogP contribution in [0, 0.1) is 0 Å². The van der Waals surface area contributed by atoms with Gasteiger partial charge in [-0.15, -0.1) is 0 Å². The molecule has 3 N–H and O–H groups in total. The number of hydrogen-bond acceptors (Lipinski definition) is 3. The number of nitrogens with one attached hydrogen (secondary N) is 1. The molecule has 0 saturated heterocycles. The van der Waals surface area contributed by atoms with Gasteiger partial charge in [0.1, 0.15) is 0 Å². The van der Waals surface area contributed by atoms with Crippen LogP contribution in [0.3, 0.4) is 0 Å². The number of carbonyl (C=O) groups excluding carboxylic acids is 1. The van der Waals surface area contributed by atoms with Crippen LogP contribution in [0.15, 0.2) is 0 Å². The van der Waals surface area contributed by atoms with Gasteiger partial charge in [-0.25, -0.2) is 9.59 Å². The molecule has 15 heavy (non-hydrogen) atoms. The van der Waals surface area contributed by atoms with Crippen molar-refractivity contribution in [3.8, 4) is 0 Å². The highest BCUT2D eigenvalue weighted by Crippen LogP contribution is 2.26. The van der Waals surface area contributed by atoms with Crippen LogP contribution in [0.1, 0.15) is 19.8 Å². The summed E-state index contributed by atoms with van der Waals surface area (Å²) in [7, 11) is 0. The van der Waals surface area contributed by atoms with Crippen LogP contribution < -0.4 is 5.32 Å². The van der Waals surface area contributed by atoms with E-state index in [-0.39, 0.29) is 18.6 Å². The van der Waals surface area contributed by atoms with Crippen LogP contribution in [0.5, 0.6) is 0 Å². The highest BCUT2D eigenvalue weighted by Gasteiger charge is 2.31. The van der Waals surface area contributed by atoms with Gasteiger partial charge in [0.05, 0.1) is 6.54 Å². The molecule has 0 spiro atoms. The topological polar surface area (TPSA) is 89.9 Å². The fourth-order valence-electron chi connectivity index (χ4n) is 1.33. The highest BCUT2D eigenvalue weighted by atomic mass is 16.4. The van der Waals surface area contributed by atoms with Gasteiger partial charge in [-0.3, -0.25) is 0 Å². The van der Waals surface area contributed by atoms with E-state index in [0.717, 1.165) is 12.8 Å². The van der Waals surface area contributed by atoms with E-state index in [1.165, 1.54) is 0 Å². The Balaban J connectivity index is 2.30. The number of nitrogens with zero attached hydrogens (tertiary/aromatic N) is 1. The number of amides is 2. The standard InChI is InChI=1S/C9H16N2O4/c1-2-11(6-3-4-6)9(15)10-5-7(12)8(13)14/h6-7,12H,2-5H2,1H3,(H,10,15)(H,13,14)/t7-/m0/s1. The maximum atomic E-state index is 11.5. The van der Waals surface area contributed by atoms with E-state index < -0.39 is 12.1 Å². The number of carboxylic acids is 1. The van der Waals surface area contributed by atoms with Crippen molar-refractivity contribution < 1.29 is 19.8 Å². The summed E-state index contributed by atoms with van der Waals surface area (Å²) in [5, 5.41) is 19.7. The Morgan fingerprint density at radius 3 is 2.53 bits per heavy atom. The average Bonchev–Trinajstić information content (AvgIpc) is 2.99. The molecule has 0 aromatic rings. The maximum Gasteiger partial charge on any atom is 0.334 e. The first-order valence-corrected chi connectivity index (χ1v) is 5.01. The summed E-state index contributed by atoms with van der Waals surface area (Å²) < 4.78 is 0. The van der Waals surface area contributed by atoms with E-state index in [4.69, 9.17) is 10.2 Å². The Labute approximate surface area is 87.9 Å². The lowest BCUT2D eigenvalue weighted by molar-refractivity contribution is -0.146. The van der Waals surface area contributed by atoms with Gasteiger partial charge in [0, 0.05) is 12.6 Å². The molecule has 0 bridgehead atoms. The second-order valence-electron chi connectivity index (χ2n) is 3.56. The summed E-state index contributed by atoms with van der Waals surface area (Å²) in [5.74, 6) is -1.33. The van der Waals surface area contributed by atoms with Crippen molar-refractivity contribution in [1.82, 2.24) is 10.2 Å². The molecule has 0 radical (unpaired) electrons. The van der Waals surface area contributed by atoms with E-state index in [1.54, 1.807) is 4.90 Å². The van der Waals surface area contributed by atoms with E-state index in [2.05, 4.69) is 5.32 Å². The van der Waals surface area contributed by atoms with E-state index in [1.807, 2.05) is 6.92 Å². The Morgan fingerprint density at radius 1 is 1.53 bits per heavy atom. The third kappa shape index (κ3) is 3.39. The Bertz CT molecular complexity index is 252. The summed E-state index contributed by atoms with van der Waals surface area (Å²) in [6, 6.07) is -0.0164. The van der Waals surface area contributed by atoms with E-state index >= 15 is 0 Å². The molecule has 1 rings (SSSR count). The molecule has 6 heteroatoms. The average molecular weight is 216 g/mol. The second-order valence-corrected chi connectivity index (χ2v) is 3.56. The smallest absolute Gasteiger partial charge is 0.334 e. The zero-order chi connectivity index (χ0) is 11.4. The van der Waals surface area contributed by atoms with Gasteiger partial charge in [-0.1, -0.05) is 0 Å². The van der Waals surface area contributed by atoms with Gasteiger partial charge < -0.3 is 20.4 Å². The van der Waals surface area contributed by atoms with Gasteiger partial charge in [-0.05, 0) is 19.8 Å². The quantitative estimate of drug-likeness (QED) is 0.584. The number of urea groups is 1. The molecule has 1 atom stereocenters. The molecule has 1 saturated carbocycles. The largest absolute Gasteiger partial charge is 0.479 e. The van der Waals surface area contributed by atoms with E-state index in [0.29, 0.717) is 6.54 Å². The van der Waals surface area contributed by atoms with Crippen molar-refractivity contribution in [3.63, 3.8) is 0 Å². The predicted molar refractivity (Wildman–Crippen MR) is 52.4 cm³/mol. The van der Waals surface area contributed by atoms with Crippen molar-refractivity contribution in [1.29, 1.82) is 0 Å². The Kier molecular flexibility index (Phi) is 3.90. The molecule has 2 amide bonds. The molecule has 0 unspecified atom stereocenters. The normalized spacial score (nSPS) is 16.9. The molecule has 0 aromatic heterocycles. The van der Waals surface area contributed by atoms with Crippen LogP contribution in [0.2, 0.25) is 0 Å². The molecular weight excluding hydrogens is 200 g/mol. The van der Waals surface area contributed by atoms with Gasteiger partial charge in [0.25, 0.3) is 0 Å². The van der Waals surface area contributed by atoms with Crippen LogP contribution >= 0.6 is 0 Å². The third-order valence-corrected chi connectivity index (χ3v) is 2.32. The molecule has 6 nitrogen and oxygen atoms in total. The first-order valence-electron chi connectivity index (χ1n) is 5.01. The number of aliphatic hydroxyl groups excluding tert-OH is 1. The molecule has 1 fully saturated rings. The number of rotatable bonds is 5. The molecule has 0 heterocycles. The summed E-state index contributed by atoms with van der Waals surface area (Å²) >= 11 is 0. The van der Waals surface area contributed by atoms with Crippen LogP contribution in [0.25, 0.3) is 0 Å². The molecule has 0 aliphatic heterocycles. The third-order valence-electron chi connectivity index (χ3n) is 2.32. The van der Waals surface area contributed by atoms with Crippen molar-refractivity contribution in [2.45, 2.75) is 31.9 Å². The number of aliphatic carboxylic acids is 1. The van der Waals surface area contributed by atoms with Crippen molar-refractivity contribution in [2.75, 3.05) is 13.1 Å². The monoisotopic (exact) mass is 216 g/mol. The number of carboxylic acid groups (broad SMARTS) is 1. The number of carbonyl (C=O) groups is 2. The molecule has 86 valence electrons. The Morgan fingerprint density at radius 2 is 2.13 bits per heavy atom. The molecule has 1 aliphatic rings. The molecular formula is C9H16N2O4. The number of hydrogen-bond donors (Lipinski definition) is 3. The van der Waals surface area contributed by atoms with Gasteiger partial charge >= 0.3 is 12.0 Å². The number of aliphatic hydroxyl groups is 1. The fraction of sp³-hybridized carbons (Fsp3) is 0.778. The Hall–Kier alpha value is -1.30. The first kappa shape index (κ1) is 11.8. The van der Waals surface area contributed by atoms with Gasteiger partial charge in [-0.2, -0.15) is 0 Å². The summed E-state index contributed by atoms with van der Waals surface area (Å²) in [5.41, 5.74) is 0. The highest BCUT2D eigenvalue weighted by molar-refractivity contribution is 5.77. The van der Waals surface area contributed by atoms with Crippen LogP contribution in [0.4, 0.5) is 4.79 Å². The lowest BCUT2D eigenvalue weighted by atomic mass is 10.3. The summed E-state index contributed by atoms with van der Waals surface area (Å²) in [4.78, 5) is 23.4. The van der Waals surface area contributed by atoms with E-state index in [9.17, 15) is 9.59 Å². The minimum atomic E-state index is -1.54. The predicted octanol–water partition coefficient (Wildman–Crippen LogP) is -0.374. The van der Waals surface area contributed by atoms with Gasteiger partial charge in [0.15, 0.2) is 6.10 Å². The minimum absolute atomic E-state index is 0.253. The zero-order valence-corrected chi connectivity index (χ0v) is 8.64. The lowest BCUT2D eigenvalue weighted by Crippen LogP contribution is -2.45. The first-order chi connectivity index (χ1) is 7.06. The van der Waals surface area contributed by atoms with Crippen molar-refractivity contribution >= 4 is 12.0 Å². The SMILES string of the molecule is CCN(C(=O)NC[C@H](O)C(=O)O)C1CC1. The maximum absolute atomic E-state index is 11.5. The van der Waals surface area contributed by atoms with Crippen molar-refractivity contribution in [2.24, 2.45) is 0 Å². The second kappa shape index (κ2) is 4.97. The lowest BCUT2D eigenvalue weighted by Gasteiger charge is -2.21. The summed E-state index contributed by atoms with van der Waals surface area (Å²) in [6.45, 7) is 2.21. The molecule has 1 aliphatic carbocycles. The van der Waals surface area contributed by atoms with Gasteiger partial charge in [0.2, 0.25) is 0 Å². The van der Waals surface area contributed by atoms with Crippen molar-refractivity contribution in [3.05, 3.63) is 0 Å².